The Bertz CT molecular complexity index is 1400. The van der Waals surface area contributed by atoms with E-state index in [2.05, 4.69) is 32.0 Å². The van der Waals surface area contributed by atoms with Crippen molar-refractivity contribution in [3.8, 4) is 5.75 Å². The Balaban J connectivity index is 1.07. The van der Waals surface area contributed by atoms with Crippen molar-refractivity contribution in [2.24, 2.45) is 0 Å². The summed E-state index contributed by atoms with van der Waals surface area (Å²) in [5.41, 5.74) is 4.17. The Morgan fingerprint density at radius 2 is 1.89 bits per heavy atom. The molecule has 0 radical (unpaired) electrons. The Hall–Kier alpha value is -2.96. The number of H-pyrrole nitrogens is 2. The monoisotopic (exact) mass is 518 g/mol. The zero-order valence-electron chi connectivity index (χ0n) is 21.4. The number of ether oxygens (including phenoxy) is 1. The molecule has 7 heteroatoms. The zero-order valence-corrected chi connectivity index (χ0v) is 22.2. The quantitative estimate of drug-likeness (QED) is 0.303. The molecule has 1 atom stereocenters. The van der Waals surface area contributed by atoms with E-state index in [-0.39, 0.29) is 5.91 Å². The molecule has 2 fully saturated rings. The Morgan fingerprint density at radius 3 is 2.73 bits per heavy atom. The second-order valence-corrected chi connectivity index (χ2v) is 11.1. The molecule has 2 aromatic carbocycles. The maximum atomic E-state index is 13.5. The average Bonchev–Trinajstić information content (AvgIpc) is 3.55. The zero-order chi connectivity index (χ0) is 25.4. The second kappa shape index (κ2) is 10.4. The topological polar surface area (TPSA) is 64.4 Å². The van der Waals surface area contributed by atoms with Gasteiger partial charge in [0.05, 0.1) is 7.11 Å². The molecule has 4 heterocycles. The fourth-order valence-corrected chi connectivity index (χ4v) is 6.50. The number of amides is 1. The van der Waals surface area contributed by atoms with Crippen molar-refractivity contribution in [2.75, 3.05) is 33.3 Å². The van der Waals surface area contributed by atoms with Crippen LogP contribution in [-0.2, 0) is 0 Å². The van der Waals surface area contributed by atoms with Crippen LogP contribution in [0.1, 0.15) is 60.5 Å². The van der Waals surface area contributed by atoms with E-state index in [1.165, 1.54) is 30.2 Å². The molecule has 37 heavy (non-hydrogen) atoms. The minimum Gasteiger partial charge on any atom is -0.497 e. The molecule has 2 aromatic heterocycles. The van der Waals surface area contributed by atoms with E-state index in [0.29, 0.717) is 17.7 Å². The van der Waals surface area contributed by atoms with Crippen LogP contribution in [0.2, 0.25) is 5.02 Å². The summed E-state index contributed by atoms with van der Waals surface area (Å²) in [4.78, 5) is 25.0. The van der Waals surface area contributed by atoms with Gasteiger partial charge in [-0.25, -0.2) is 0 Å². The van der Waals surface area contributed by atoms with Gasteiger partial charge in [0.2, 0.25) is 0 Å². The number of nitrogens with zero attached hydrogens (tertiary/aromatic N) is 2. The molecule has 2 aliphatic heterocycles. The summed E-state index contributed by atoms with van der Waals surface area (Å²) in [6.07, 6.45) is 8.92. The molecule has 0 saturated carbocycles. The lowest BCUT2D eigenvalue weighted by atomic mass is 9.89. The van der Waals surface area contributed by atoms with Gasteiger partial charge in [0.25, 0.3) is 5.91 Å². The fraction of sp³-hybridized carbons (Fsp3) is 0.433. The highest BCUT2D eigenvalue weighted by Crippen LogP contribution is 2.34. The Morgan fingerprint density at radius 1 is 1.03 bits per heavy atom. The van der Waals surface area contributed by atoms with Crippen LogP contribution in [0.3, 0.4) is 0 Å². The second-order valence-electron chi connectivity index (χ2n) is 10.6. The van der Waals surface area contributed by atoms with Crippen molar-refractivity contribution in [3.05, 3.63) is 64.9 Å². The van der Waals surface area contributed by atoms with E-state index in [9.17, 15) is 4.79 Å². The summed E-state index contributed by atoms with van der Waals surface area (Å²) in [5.74, 6) is 1.50. The highest BCUT2D eigenvalue weighted by molar-refractivity contribution is 6.31. The average molecular weight is 519 g/mol. The van der Waals surface area contributed by atoms with Crippen molar-refractivity contribution in [2.45, 2.75) is 50.5 Å². The summed E-state index contributed by atoms with van der Waals surface area (Å²) in [6, 6.07) is 14.3. The number of methoxy groups -OCH3 is 1. The maximum absolute atomic E-state index is 13.5. The third kappa shape index (κ3) is 4.97. The van der Waals surface area contributed by atoms with Crippen LogP contribution in [0.4, 0.5) is 0 Å². The van der Waals surface area contributed by atoms with E-state index >= 15 is 0 Å². The van der Waals surface area contributed by atoms with Crippen molar-refractivity contribution >= 4 is 39.3 Å². The predicted octanol–water partition coefficient (Wildman–Crippen LogP) is 6.58. The molecular weight excluding hydrogens is 484 g/mol. The van der Waals surface area contributed by atoms with Crippen LogP contribution in [-0.4, -0.2) is 65.0 Å². The first kappa shape index (κ1) is 24.4. The van der Waals surface area contributed by atoms with Crippen LogP contribution in [0.25, 0.3) is 21.8 Å². The first-order valence-electron chi connectivity index (χ1n) is 13.6. The number of rotatable bonds is 6. The normalized spacial score (nSPS) is 19.6. The van der Waals surface area contributed by atoms with Gasteiger partial charge >= 0.3 is 0 Å². The number of hydrogen-bond donors (Lipinski definition) is 2. The van der Waals surface area contributed by atoms with Crippen molar-refractivity contribution < 1.29 is 9.53 Å². The molecule has 6 rings (SSSR count). The molecule has 0 bridgehead atoms. The standard InChI is InChI=1S/C30H35ClN4O2/c1-37-24-7-5-21-16-29(33-27(21)18-24)30(36)35-12-3-2-4-23(35)11-15-34-13-9-20(10-14-34)26-19-32-28-17-22(31)6-8-25(26)28/h5-8,16-20,23,32-33H,2-4,9-15H2,1H3. The highest BCUT2D eigenvalue weighted by Gasteiger charge is 2.30. The lowest BCUT2D eigenvalue weighted by molar-refractivity contribution is 0.0573. The first-order chi connectivity index (χ1) is 18.1. The minimum atomic E-state index is 0.123. The number of carbonyl (C=O) groups excluding carboxylic acids is 1. The third-order valence-corrected chi connectivity index (χ3v) is 8.66. The van der Waals surface area contributed by atoms with Gasteiger partial charge in [0.15, 0.2) is 0 Å². The van der Waals surface area contributed by atoms with Crippen molar-refractivity contribution in [1.29, 1.82) is 0 Å². The molecule has 2 aliphatic rings. The number of carbonyl (C=O) groups is 1. The molecule has 0 aliphatic carbocycles. The Labute approximate surface area is 222 Å². The number of benzene rings is 2. The highest BCUT2D eigenvalue weighted by atomic mass is 35.5. The fourth-order valence-electron chi connectivity index (χ4n) is 6.33. The number of likely N-dealkylation sites (tertiary alicyclic amines) is 2. The van der Waals surface area contributed by atoms with Crippen LogP contribution >= 0.6 is 11.6 Å². The number of halogens is 1. The van der Waals surface area contributed by atoms with Crippen molar-refractivity contribution in [3.63, 3.8) is 0 Å². The number of piperidine rings is 2. The van der Waals surface area contributed by atoms with Gasteiger partial charge in [0, 0.05) is 58.2 Å². The van der Waals surface area contributed by atoms with Gasteiger partial charge in [-0.05, 0) is 93.4 Å². The molecule has 2 saturated heterocycles. The van der Waals surface area contributed by atoms with E-state index in [1.807, 2.05) is 36.4 Å². The number of aromatic nitrogens is 2. The third-order valence-electron chi connectivity index (χ3n) is 8.43. The van der Waals surface area contributed by atoms with Crippen LogP contribution in [0.5, 0.6) is 5.75 Å². The largest absolute Gasteiger partial charge is 0.497 e. The maximum Gasteiger partial charge on any atom is 0.270 e. The smallest absolute Gasteiger partial charge is 0.270 e. The van der Waals surface area contributed by atoms with Gasteiger partial charge in [-0.15, -0.1) is 0 Å². The van der Waals surface area contributed by atoms with E-state index < -0.39 is 0 Å². The van der Waals surface area contributed by atoms with Crippen molar-refractivity contribution in [1.82, 2.24) is 19.8 Å². The number of aromatic amines is 2. The van der Waals surface area contributed by atoms with Gasteiger partial charge in [-0.3, -0.25) is 4.79 Å². The summed E-state index contributed by atoms with van der Waals surface area (Å²) in [5, 5.41) is 3.12. The summed E-state index contributed by atoms with van der Waals surface area (Å²) >= 11 is 6.17. The lowest BCUT2D eigenvalue weighted by Crippen LogP contribution is -2.46. The Kier molecular flexibility index (Phi) is 6.87. The van der Waals surface area contributed by atoms with Crippen LogP contribution < -0.4 is 4.74 Å². The molecule has 1 unspecified atom stereocenters. The lowest BCUT2D eigenvalue weighted by Gasteiger charge is -2.38. The van der Waals surface area contributed by atoms with Gasteiger partial charge < -0.3 is 24.5 Å². The number of hydrogen-bond acceptors (Lipinski definition) is 3. The number of nitrogens with one attached hydrogen (secondary N) is 2. The minimum absolute atomic E-state index is 0.123. The molecule has 0 spiro atoms. The molecular formula is C30H35ClN4O2. The van der Waals surface area contributed by atoms with Gasteiger partial charge in [-0.2, -0.15) is 0 Å². The first-order valence-corrected chi connectivity index (χ1v) is 13.9. The van der Waals surface area contributed by atoms with Crippen LogP contribution in [0, 0.1) is 0 Å². The predicted molar refractivity (Wildman–Crippen MR) is 150 cm³/mol. The molecule has 2 N–H and O–H groups in total. The molecule has 194 valence electrons. The molecule has 4 aromatic rings. The van der Waals surface area contributed by atoms with E-state index in [0.717, 1.165) is 72.6 Å². The SMILES string of the molecule is COc1ccc2cc(C(=O)N3CCCCC3CCN3CCC(c4c[nH]c5cc(Cl)ccc45)CC3)[nH]c2c1. The molecule has 6 nitrogen and oxygen atoms in total. The van der Waals surface area contributed by atoms with Gasteiger partial charge in [-0.1, -0.05) is 17.7 Å². The van der Waals surface area contributed by atoms with Gasteiger partial charge in [0.1, 0.15) is 11.4 Å². The summed E-state index contributed by atoms with van der Waals surface area (Å²) in [6.45, 7) is 4.11. The van der Waals surface area contributed by atoms with E-state index in [1.54, 1.807) is 7.11 Å². The van der Waals surface area contributed by atoms with Crippen LogP contribution in [0.15, 0.2) is 48.7 Å². The summed E-state index contributed by atoms with van der Waals surface area (Å²) in [7, 11) is 1.66. The summed E-state index contributed by atoms with van der Waals surface area (Å²) < 4.78 is 5.34. The molecule has 1 amide bonds. The number of fused-ring (bicyclic) bond motifs is 2. The van der Waals surface area contributed by atoms with E-state index in [4.69, 9.17) is 16.3 Å².